The standard InChI is InChI=1S/C9H18N2O3/c1-3-6(5-10)8(12)11-7(4-2)9(13)14/h6-7H,3-5,10H2,1-2H3,(H,11,12)(H,13,14)/t6?,7-/m1/s1. The highest BCUT2D eigenvalue weighted by atomic mass is 16.4. The maximum atomic E-state index is 11.4. The summed E-state index contributed by atoms with van der Waals surface area (Å²) < 4.78 is 0. The van der Waals surface area contributed by atoms with Crippen LogP contribution in [0.5, 0.6) is 0 Å². The van der Waals surface area contributed by atoms with Crippen LogP contribution in [0.15, 0.2) is 0 Å². The number of carbonyl (C=O) groups is 2. The first-order valence-electron chi connectivity index (χ1n) is 4.80. The second kappa shape index (κ2) is 6.37. The normalized spacial score (nSPS) is 14.5. The number of nitrogens with one attached hydrogen (secondary N) is 1. The summed E-state index contributed by atoms with van der Waals surface area (Å²) in [5.41, 5.74) is 5.37. The summed E-state index contributed by atoms with van der Waals surface area (Å²) >= 11 is 0. The van der Waals surface area contributed by atoms with E-state index in [0.29, 0.717) is 12.8 Å². The number of carboxylic acid groups (broad SMARTS) is 1. The zero-order valence-corrected chi connectivity index (χ0v) is 8.62. The van der Waals surface area contributed by atoms with Gasteiger partial charge in [-0.1, -0.05) is 13.8 Å². The average molecular weight is 202 g/mol. The molecule has 0 bridgehead atoms. The number of amides is 1. The molecule has 0 aliphatic carbocycles. The predicted octanol–water partition coefficient (Wildman–Crippen LogP) is -0.0493. The fourth-order valence-corrected chi connectivity index (χ4v) is 1.09. The lowest BCUT2D eigenvalue weighted by molar-refractivity contribution is -0.142. The Balaban J connectivity index is 4.20. The smallest absolute Gasteiger partial charge is 0.326 e. The molecule has 0 heterocycles. The minimum Gasteiger partial charge on any atom is -0.480 e. The van der Waals surface area contributed by atoms with E-state index in [4.69, 9.17) is 10.8 Å². The first kappa shape index (κ1) is 12.9. The van der Waals surface area contributed by atoms with Crippen molar-refractivity contribution in [1.82, 2.24) is 5.32 Å². The number of rotatable bonds is 6. The summed E-state index contributed by atoms with van der Waals surface area (Å²) in [5, 5.41) is 11.2. The minimum atomic E-state index is -1.01. The number of nitrogens with two attached hydrogens (primary N) is 1. The highest BCUT2D eigenvalue weighted by Crippen LogP contribution is 2.01. The largest absolute Gasteiger partial charge is 0.480 e. The summed E-state index contributed by atoms with van der Waals surface area (Å²) in [6.07, 6.45) is 1.00. The summed E-state index contributed by atoms with van der Waals surface area (Å²) in [7, 11) is 0. The van der Waals surface area contributed by atoms with E-state index in [1.54, 1.807) is 6.92 Å². The average Bonchev–Trinajstić information content (AvgIpc) is 2.15. The van der Waals surface area contributed by atoms with Crippen molar-refractivity contribution in [3.8, 4) is 0 Å². The summed E-state index contributed by atoms with van der Waals surface area (Å²) in [6.45, 7) is 3.81. The molecule has 2 atom stereocenters. The minimum absolute atomic E-state index is 0.248. The van der Waals surface area contributed by atoms with Crippen molar-refractivity contribution >= 4 is 11.9 Å². The molecule has 0 saturated heterocycles. The lowest BCUT2D eigenvalue weighted by Gasteiger charge is -2.16. The van der Waals surface area contributed by atoms with Crippen LogP contribution in [0, 0.1) is 5.92 Å². The molecular weight excluding hydrogens is 184 g/mol. The first-order valence-corrected chi connectivity index (χ1v) is 4.80. The Kier molecular flexibility index (Phi) is 5.87. The molecule has 0 rings (SSSR count). The van der Waals surface area contributed by atoms with Gasteiger partial charge in [0.2, 0.25) is 5.91 Å². The van der Waals surface area contributed by atoms with Gasteiger partial charge >= 0.3 is 5.97 Å². The zero-order valence-electron chi connectivity index (χ0n) is 8.62. The van der Waals surface area contributed by atoms with Crippen LogP contribution in [0.25, 0.3) is 0 Å². The van der Waals surface area contributed by atoms with Gasteiger partial charge in [-0.3, -0.25) is 4.79 Å². The number of hydrogen-bond acceptors (Lipinski definition) is 3. The van der Waals surface area contributed by atoms with Gasteiger partial charge in [0.15, 0.2) is 0 Å². The predicted molar refractivity (Wildman–Crippen MR) is 52.7 cm³/mol. The lowest BCUT2D eigenvalue weighted by Crippen LogP contribution is -2.44. The fourth-order valence-electron chi connectivity index (χ4n) is 1.09. The molecule has 5 heteroatoms. The van der Waals surface area contributed by atoms with Crippen molar-refractivity contribution in [1.29, 1.82) is 0 Å². The van der Waals surface area contributed by atoms with E-state index >= 15 is 0 Å². The second-order valence-corrected chi connectivity index (χ2v) is 3.15. The number of carboxylic acids is 1. The Hall–Kier alpha value is -1.10. The van der Waals surface area contributed by atoms with Crippen molar-refractivity contribution < 1.29 is 14.7 Å². The molecule has 0 aliphatic heterocycles. The molecule has 0 spiro atoms. The Labute approximate surface area is 83.7 Å². The molecule has 4 N–H and O–H groups in total. The fraction of sp³-hybridized carbons (Fsp3) is 0.778. The van der Waals surface area contributed by atoms with Crippen molar-refractivity contribution in [2.75, 3.05) is 6.54 Å². The molecule has 0 fully saturated rings. The van der Waals surface area contributed by atoms with Crippen molar-refractivity contribution in [2.45, 2.75) is 32.7 Å². The van der Waals surface area contributed by atoms with Crippen LogP contribution in [-0.4, -0.2) is 29.6 Å². The van der Waals surface area contributed by atoms with Gasteiger partial charge in [0.05, 0.1) is 0 Å². The topological polar surface area (TPSA) is 92.4 Å². The third-order valence-electron chi connectivity index (χ3n) is 2.17. The van der Waals surface area contributed by atoms with Crippen LogP contribution in [0.1, 0.15) is 26.7 Å². The molecule has 0 aliphatic rings. The van der Waals surface area contributed by atoms with E-state index in [9.17, 15) is 9.59 Å². The molecule has 82 valence electrons. The highest BCUT2D eigenvalue weighted by molar-refractivity contribution is 5.84. The monoisotopic (exact) mass is 202 g/mol. The summed E-state index contributed by atoms with van der Waals surface area (Å²) in [5.74, 6) is -1.57. The van der Waals surface area contributed by atoms with Gasteiger partial charge in [0.25, 0.3) is 0 Å². The number of aliphatic carboxylic acids is 1. The Bertz CT molecular complexity index is 202. The van der Waals surface area contributed by atoms with E-state index in [2.05, 4.69) is 5.32 Å². The SMILES string of the molecule is CCC(CN)C(=O)N[C@H](CC)C(=O)O. The van der Waals surface area contributed by atoms with E-state index in [0.717, 1.165) is 0 Å². The van der Waals surface area contributed by atoms with Crippen molar-refractivity contribution in [3.05, 3.63) is 0 Å². The number of carbonyl (C=O) groups excluding carboxylic acids is 1. The van der Waals surface area contributed by atoms with Crippen LogP contribution in [0.3, 0.4) is 0 Å². The maximum Gasteiger partial charge on any atom is 0.326 e. The van der Waals surface area contributed by atoms with E-state index in [1.165, 1.54) is 0 Å². The Morgan fingerprint density at radius 1 is 1.36 bits per heavy atom. The van der Waals surface area contributed by atoms with Gasteiger partial charge in [-0.2, -0.15) is 0 Å². The van der Waals surface area contributed by atoms with Crippen molar-refractivity contribution in [2.24, 2.45) is 11.7 Å². The molecule has 0 aromatic carbocycles. The van der Waals surface area contributed by atoms with Gasteiger partial charge in [-0.05, 0) is 12.8 Å². The maximum absolute atomic E-state index is 11.4. The molecule has 5 nitrogen and oxygen atoms in total. The first-order chi connectivity index (χ1) is 6.56. The second-order valence-electron chi connectivity index (χ2n) is 3.15. The van der Waals surface area contributed by atoms with Crippen LogP contribution >= 0.6 is 0 Å². The van der Waals surface area contributed by atoms with Crippen LogP contribution in [0.4, 0.5) is 0 Å². The van der Waals surface area contributed by atoms with Gasteiger partial charge < -0.3 is 16.2 Å². The molecular formula is C9H18N2O3. The summed E-state index contributed by atoms with van der Waals surface area (Å²) in [4.78, 5) is 22.0. The van der Waals surface area contributed by atoms with E-state index in [-0.39, 0.29) is 18.4 Å². The zero-order chi connectivity index (χ0) is 11.1. The highest BCUT2D eigenvalue weighted by Gasteiger charge is 2.21. The molecule has 0 aromatic heterocycles. The van der Waals surface area contributed by atoms with Crippen LogP contribution in [0.2, 0.25) is 0 Å². The molecule has 14 heavy (non-hydrogen) atoms. The van der Waals surface area contributed by atoms with Gasteiger partial charge in [0, 0.05) is 12.5 Å². The Morgan fingerprint density at radius 3 is 2.21 bits per heavy atom. The van der Waals surface area contributed by atoms with Gasteiger partial charge in [-0.15, -0.1) is 0 Å². The Morgan fingerprint density at radius 2 is 1.93 bits per heavy atom. The van der Waals surface area contributed by atoms with Crippen LogP contribution < -0.4 is 11.1 Å². The third kappa shape index (κ3) is 3.74. The third-order valence-corrected chi connectivity index (χ3v) is 2.17. The molecule has 1 amide bonds. The molecule has 0 radical (unpaired) electrons. The number of hydrogen-bond donors (Lipinski definition) is 3. The van der Waals surface area contributed by atoms with Gasteiger partial charge in [0.1, 0.15) is 6.04 Å². The molecule has 0 aromatic rings. The summed E-state index contributed by atoms with van der Waals surface area (Å²) in [6, 6.07) is -0.803. The van der Waals surface area contributed by atoms with E-state index in [1.807, 2.05) is 6.92 Å². The molecule has 1 unspecified atom stereocenters. The van der Waals surface area contributed by atoms with Crippen molar-refractivity contribution in [3.63, 3.8) is 0 Å². The lowest BCUT2D eigenvalue weighted by atomic mass is 10.1. The van der Waals surface area contributed by atoms with E-state index < -0.39 is 12.0 Å². The molecule has 0 saturated carbocycles. The van der Waals surface area contributed by atoms with Gasteiger partial charge in [-0.25, -0.2) is 4.79 Å². The van der Waals surface area contributed by atoms with Crippen LogP contribution in [-0.2, 0) is 9.59 Å². The quantitative estimate of drug-likeness (QED) is 0.563.